The highest BCUT2D eigenvalue weighted by molar-refractivity contribution is 6.39. The molecular formula is C28H25Cl2NO5. The van der Waals surface area contributed by atoms with Gasteiger partial charge in [-0.25, -0.2) is 4.79 Å². The van der Waals surface area contributed by atoms with Crippen LogP contribution >= 0.6 is 23.2 Å². The summed E-state index contributed by atoms with van der Waals surface area (Å²) in [6.07, 6.45) is 0. The van der Waals surface area contributed by atoms with Gasteiger partial charge in [0.1, 0.15) is 36.2 Å². The first kappa shape index (κ1) is 25.6. The Balaban J connectivity index is 1.45. The predicted molar refractivity (Wildman–Crippen MR) is 139 cm³/mol. The number of methoxy groups -OCH3 is 1. The van der Waals surface area contributed by atoms with E-state index in [2.05, 4.69) is 5.16 Å². The molecule has 0 aliphatic rings. The van der Waals surface area contributed by atoms with E-state index < -0.39 is 5.97 Å². The highest BCUT2D eigenvalue weighted by Crippen LogP contribution is 2.38. The second-order valence-corrected chi connectivity index (χ2v) is 9.18. The van der Waals surface area contributed by atoms with Crippen molar-refractivity contribution in [3.8, 4) is 22.8 Å². The Labute approximate surface area is 219 Å². The van der Waals surface area contributed by atoms with Gasteiger partial charge in [-0.1, -0.05) is 66.5 Å². The van der Waals surface area contributed by atoms with Crippen molar-refractivity contribution >= 4 is 29.2 Å². The number of halogens is 2. The molecule has 0 saturated heterocycles. The average Bonchev–Trinajstić information content (AvgIpc) is 3.30. The van der Waals surface area contributed by atoms with E-state index >= 15 is 0 Å². The fraction of sp³-hybridized carbons (Fsp3) is 0.214. The van der Waals surface area contributed by atoms with Crippen LogP contribution in [0.25, 0.3) is 11.3 Å². The maximum atomic E-state index is 11.7. The number of ether oxygens (including phenoxy) is 3. The van der Waals surface area contributed by atoms with Crippen LogP contribution in [0.5, 0.6) is 11.5 Å². The highest BCUT2D eigenvalue weighted by atomic mass is 35.5. The van der Waals surface area contributed by atoms with Gasteiger partial charge in [0.05, 0.1) is 28.3 Å². The number of carbonyl (C=O) groups is 1. The molecule has 0 atom stereocenters. The average molecular weight is 526 g/mol. The van der Waals surface area contributed by atoms with Crippen molar-refractivity contribution < 1.29 is 23.5 Å². The lowest BCUT2D eigenvalue weighted by Gasteiger charge is -2.11. The van der Waals surface area contributed by atoms with Crippen molar-refractivity contribution in [2.75, 3.05) is 7.11 Å². The lowest BCUT2D eigenvalue weighted by atomic mass is 10.0. The van der Waals surface area contributed by atoms with Gasteiger partial charge in [-0.15, -0.1) is 0 Å². The molecule has 1 aromatic heterocycles. The largest absolute Gasteiger partial charge is 0.489 e. The van der Waals surface area contributed by atoms with E-state index in [0.29, 0.717) is 45.0 Å². The molecule has 0 spiro atoms. The Morgan fingerprint density at radius 3 is 2.25 bits per heavy atom. The molecule has 0 bridgehead atoms. The molecule has 8 heteroatoms. The van der Waals surface area contributed by atoms with Gasteiger partial charge in [-0.3, -0.25) is 0 Å². The van der Waals surface area contributed by atoms with Crippen molar-refractivity contribution in [3.63, 3.8) is 0 Å². The smallest absolute Gasteiger partial charge is 0.337 e. The second kappa shape index (κ2) is 11.5. The number of hydrogen-bond acceptors (Lipinski definition) is 6. The van der Waals surface area contributed by atoms with Gasteiger partial charge in [0, 0.05) is 11.5 Å². The molecule has 186 valence electrons. The summed E-state index contributed by atoms with van der Waals surface area (Å²) in [4.78, 5) is 11.7. The summed E-state index contributed by atoms with van der Waals surface area (Å²) < 4.78 is 22.3. The van der Waals surface area contributed by atoms with Gasteiger partial charge in [-0.2, -0.15) is 0 Å². The molecule has 4 aromatic rings. The topological polar surface area (TPSA) is 70.8 Å². The minimum absolute atomic E-state index is 0.100. The first-order valence-corrected chi connectivity index (χ1v) is 12.1. The number of nitrogens with zero attached hydrogens (tertiary/aromatic N) is 1. The van der Waals surface area contributed by atoms with E-state index in [-0.39, 0.29) is 12.5 Å². The van der Waals surface area contributed by atoms with Crippen LogP contribution in [0.4, 0.5) is 0 Å². The van der Waals surface area contributed by atoms with E-state index in [1.54, 1.807) is 42.5 Å². The van der Waals surface area contributed by atoms with Gasteiger partial charge >= 0.3 is 5.97 Å². The first-order chi connectivity index (χ1) is 17.4. The lowest BCUT2D eigenvalue weighted by molar-refractivity contribution is 0.0600. The first-order valence-electron chi connectivity index (χ1n) is 11.3. The van der Waals surface area contributed by atoms with Crippen LogP contribution in [-0.2, 0) is 18.0 Å². The lowest BCUT2D eigenvalue weighted by Crippen LogP contribution is -2.02. The summed E-state index contributed by atoms with van der Waals surface area (Å²) in [6, 6.07) is 19.8. The normalized spacial score (nSPS) is 10.9. The molecule has 0 N–H and O–H groups in total. The van der Waals surface area contributed by atoms with Gasteiger partial charge < -0.3 is 18.7 Å². The molecule has 0 saturated carbocycles. The van der Waals surface area contributed by atoms with Crippen LogP contribution in [-0.4, -0.2) is 18.2 Å². The molecule has 4 rings (SSSR count). The molecule has 0 radical (unpaired) electrons. The molecule has 6 nitrogen and oxygen atoms in total. The summed E-state index contributed by atoms with van der Waals surface area (Å²) in [7, 11) is 1.35. The summed E-state index contributed by atoms with van der Waals surface area (Å²) in [5.74, 6) is 1.68. The molecule has 0 aliphatic carbocycles. The van der Waals surface area contributed by atoms with Crippen LogP contribution in [0.1, 0.15) is 47.0 Å². The van der Waals surface area contributed by atoms with Crippen molar-refractivity contribution in [1.29, 1.82) is 0 Å². The monoisotopic (exact) mass is 525 g/mol. The fourth-order valence-corrected chi connectivity index (χ4v) is 4.25. The Hall–Kier alpha value is -3.48. The zero-order valence-electron chi connectivity index (χ0n) is 20.1. The predicted octanol–water partition coefficient (Wildman–Crippen LogP) is 7.72. The van der Waals surface area contributed by atoms with Crippen molar-refractivity contribution in [2.45, 2.75) is 33.0 Å². The van der Waals surface area contributed by atoms with Crippen LogP contribution in [0.2, 0.25) is 10.0 Å². The third kappa shape index (κ3) is 5.83. The minimum Gasteiger partial charge on any atom is -0.489 e. The number of benzene rings is 3. The molecular weight excluding hydrogens is 501 g/mol. The number of rotatable bonds is 9. The number of carbonyl (C=O) groups excluding carboxylic acids is 1. The molecule has 3 aromatic carbocycles. The highest BCUT2D eigenvalue weighted by Gasteiger charge is 2.23. The molecule has 36 heavy (non-hydrogen) atoms. The second-order valence-electron chi connectivity index (χ2n) is 8.37. The third-order valence-corrected chi connectivity index (χ3v) is 6.14. The quantitative estimate of drug-likeness (QED) is 0.208. The van der Waals surface area contributed by atoms with E-state index in [1.165, 1.54) is 7.11 Å². The molecule has 0 fully saturated rings. The Morgan fingerprint density at radius 1 is 0.917 bits per heavy atom. The van der Waals surface area contributed by atoms with E-state index in [1.807, 2.05) is 38.1 Å². The Kier molecular flexibility index (Phi) is 8.18. The van der Waals surface area contributed by atoms with E-state index in [4.69, 9.17) is 41.9 Å². The third-order valence-electron chi connectivity index (χ3n) is 5.51. The number of hydrogen-bond donors (Lipinski definition) is 0. The maximum Gasteiger partial charge on any atom is 0.337 e. The van der Waals surface area contributed by atoms with Crippen LogP contribution in [0, 0.1) is 0 Å². The Bertz CT molecular complexity index is 1330. The minimum atomic E-state index is -0.407. The van der Waals surface area contributed by atoms with Crippen LogP contribution < -0.4 is 9.47 Å². The zero-order valence-corrected chi connectivity index (χ0v) is 21.6. The number of aromatic nitrogens is 1. The van der Waals surface area contributed by atoms with Gasteiger partial charge in [0.2, 0.25) is 0 Å². The van der Waals surface area contributed by atoms with Crippen LogP contribution in [0.3, 0.4) is 0 Å². The van der Waals surface area contributed by atoms with E-state index in [0.717, 1.165) is 16.9 Å². The summed E-state index contributed by atoms with van der Waals surface area (Å²) in [6.45, 7) is 4.63. The van der Waals surface area contributed by atoms with Crippen molar-refractivity contribution in [2.24, 2.45) is 0 Å². The maximum absolute atomic E-state index is 11.7. The Morgan fingerprint density at radius 2 is 1.58 bits per heavy atom. The molecule has 0 amide bonds. The fourth-order valence-electron chi connectivity index (χ4n) is 3.67. The van der Waals surface area contributed by atoms with Gasteiger partial charge in [-0.05, 0) is 48.0 Å². The molecule has 1 heterocycles. The van der Waals surface area contributed by atoms with Crippen molar-refractivity contribution in [1.82, 2.24) is 5.16 Å². The van der Waals surface area contributed by atoms with E-state index in [9.17, 15) is 4.79 Å². The molecule has 0 unspecified atom stereocenters. The van der Waals surface area contributed by atoms with Gasteiger partial charge in [0.25, 0.3) is 0 Å². The summed E-state index contributed by atoms with van der Waals surface area (Å²) >= 11 is 12.8. The zero-order chi connectivity index (χ0) is 25.7. The van der Waals surface area contributed by atoms with Crippen LogP contribution in [0.15, 0.2) is 71.3 Å². The van der Waals surface area contributed by atoms with Crippen molar-refractivity contribution in [3.05, 3.63) is 99.2 Å². The molecule has 0 aliphatic heterocycles. The summed E-state index contributed by atoms with van der Waals surface area (Å²) in [5, 5.41) is 5.25. The standard InChI is InChI=1S/C28H25Cl2NO5/c1-17(2)27-22(26(31-36-27)25-23(29)8-5-9-24(25)30)16-35-20-12-10-18(11-13-20)15-34-21-7-4-6-19(14-21)28(32)33-3/h4-14,17H,15-16H2,1-3H3. The SMILES string of the molecule is COC(=O)c1cccc(OCc2ccc(OCc3c(-c4c(Cl)cccc4Cl)noc3C(C)C)cc2)c1. The number of esters is 1. The van der Waals surface area contributed by atoms with Gasteiger partial charge in [0.15, 0.2) is 0 Å². The summed E-state index contributed by atoms with van der Waals surface area (Å²) in [5.41, 5.74) is 3.39.